The van der Waals surface area contributed by atoms with Crippen LogP contribution in [0.5, 0.6) is 0 Å². The molecule has 2 aromatic rings. The third kappa shape index (κ3) is 5.00. The van der Waals surface area contributed by atoms with Crippen LogP contribution in [0.2, 0.25) is 0 Å². The summed E-state index contributed by atoms with van der Waals surface area (Å²) in [5.74, 6) is 0.219. The Kier molecular flexibility index (Phi) is 6.50. The topological polar surface area (TPSA) is 49.4 Å². The van der Waals surface area contributed by atoms with Crippen LogP contribution in [-0.2, 0) is 4.79 Å². The van der Waals surface area contributed by atoms with Gasteiger partial charge in [-0.2, -0.15) is 0 Å². The molecule has 2 atom stereocenters. The first-order chi connectivity index (χ1) is 13.4. The number of nitrogens with one attached hydrogen (secondary N) is 1. The number of nitrogens with zero attached hydrogens (tertiary/aromatic N) is 1. The Labute approximate surface area is 167 Å². The molecule has 2 unspecified atom stereocenters. The van der Waals surface area contributed by atoms with Crippen molar-refractivity contribution in [3.8, 4) is 0 Å². The zero-order chi connectivity index (χ0) is 20.1. The number of hydrogen-bond acceptors (Lipinski definition) is 2. The predicted octanol–water partition coefficient (Wildman–Crippen LogP) is 4.08. The van der Waals surface area contributed by atoms with Gasteiger partial charge in [0.2, 0.25) is 5.91 Å². The molecule has 1 aliphatic rings. The maximum atomic E-state index is 12.9. The second-order valence-corrected chi connectivity index (χ2v) is 8.02. The van der Waals surface area contributed by atoms with Gasteiger partial charge in [0.25, 0.3) is 5.91 Å². The number of likely N-dealkylation sites (tertiary alicyclic amines) is 1. The standard InChI is InChI=1S/C24H30N2O2/c1-17-12-18(2)14-22(13-17)24(28)26-11-7-10-21(16-26)23(27)25-15-19(3)20-8-5-4-6-9-20/h4-6,8-9,12-14,19,21H,7,10-11,15-16H2,1-3H3,(H,25,27). The van der Waals surface area contributed by atoms with Crippen molar-refractivity contribution in [3.05, 3.63) is 70.8 Å². The normalized spacial score (nSPS) is 17.8. The molecular formula is C24H30N2O2. The van der Waals surface area contributed by atoms with Crippen LogP contribution in [0.3, 0.4) is 0 Å². The number of benzene rings is 2. The first-order valence-electron chi connectivity index (χ1n) is 10.1. The highest BCUT2D eigenvalue weighted by Gasteiger charge is 2.29. The molecule has 1 heterocycles. The third-order valence-electron chi connectivity index (χ3n) is 5.50. The highest BCUT2D eigenvalue weighted by molar-refractivity contribution is 5.95. The first-order valence-corrected chi connectivity index (χ1v) is 10.1. The van der Waals surface area contributed by atoms with E-state index in [2.05, 4.69) is 30.4 Å². The van der Waals surface area contributed by atoms with Crippen molar-refractivity contribution >= 4 is 11.8 Å². The van der Waals surface area contributed by atoms with Crippen LogP contribution in [0.1, 0.15) is 52.7 Å². The molecule has 0 spiro atoms. The molecule has 1 fully saturated rings. The number of aryl methyl sites for hydroxylation is 2. The van der Waals surface area contributed by atoms with Gasteiger partial charge >= 0.3 is 0 Å². The number of hydrogen-bond donors (Lipinski definition) is 1. The fourth-order valence-corrected chi connectivity index (χ4v) is 3.95. The summed E-state index contributed by atoms with van der Waals surface area (Å²) in [4.78, 5) is 27.5. The maximum absolute atomic E-state index is 12.9. The monoisotopic (exact) mass is 378 g/mol. The van der Waals surface area contributed by atoms with Gasteiger partial charge in [0, 0.05) is 25.2 Å². The van der Waals surface area contributed by atoms with E-state index < -0.39 is 0 Å². The largest absolute Gasteiger partial charge is 0.355 e. The molecule has 0 saturated carbocycles. The van der Waals surface area contributed by atoms with Gasteiger partial charge in [-0.05, 0) is 50.3 Å². The van der Waals surface area contributed by atoms with Gasteiger partial charge in [-0.3, -0.25) is 9.59 Å². The molecule has 4 nitrogen and oxygen atoms in total. The Balaban J connectivity index is 1.58. The van der Waals surface area contributed by atoms with E-state index in [1.807, 2.05) is 49.1 Å². The fraction of sp³-hybridized carbons (Fsp3) is 0.417. The summed E-state index contributed by atoms with van der Waals surface area (Å²) >= 11 is 0. The molecule has 28 heavy (non-hydrogen) atoms. The highest BCUT2D eigenvalue weighted by Crippen LogP contribution is 2.21. The van der Waals surface area contributed by atoms with Gasteiger partial charge in [0.1, 0.15) is 0 Å². The van der Waals surface area contributed by atoms with Gasteiger partial charge in [0.15, 0.2) is 0 Å². The Hall–Kier alpha value is -2.62. The van der Waals surface area contributed by atoms with Crippen LogP contribution in [0.25, 0.3) is 0 Å². The van der Waals surface area contributed by atoms with Crippen LogP contribution in [0, 0.1) is 19.8 Å². The second kappa shape index (κ2) is 9.05. The Bertz CT molecular complexity index is 812. The lowest BCUT2D eigenvalue weighted by Gasteiger charge is -2.32. The van der Waals surface area contributed by atoms with Gasteiger partial charge in [-0.25, -0.2) is 0 Å². The van der Waals surface area contributed by atoms with Gasteiger partial charge in [0.05, 0.1) is 5.92 Å². The zero-order valence-electron chi connectivity index (χ0n) is 17.1. The van der Waals surface area contributed by atoms with E-state index in [0.29, 0.717) is 13.1 Å². The predicted molar refractivity (Wildman–Crippen MR) is 112 cm³/mol. The van der Waals surface area contributed by atoms with Gasteiger partial charge < -0.3 is 10.2 Å². The van der Waals surface area contributed by atoms with E-state index in [1.165, 1.54) is 5.56 Å². The lowest BCUT2D eigenvalue weighted by molar-refractivity contribution is -0.126. The van der Waals surface area contributed by atoms with Crippen molar-refractivity contribution in [2.24, 2.45) is 5.92 Å². The second-order valence-electron chi connectivity index (χ2n) is 8.02. The van der Waals surface area contributed by atoms with Crippen LogP contribution in [-0.4, -0.2) is 36.3 Å². The molecule has 1 saturated heterocycles. The Morgan fingerprint density at radius 1 is 1.11 bits per heavy atom. The Morgan fingerprint density at radius 3 is 2.46 bits per heavy atom. The Morgan fingerprint density at radius 2 is 1.79 bits per heavy atom. The molecule has 2 aromatic carbocycles. The summed E-state index contributed by atoms with van der Waals surface area (Å²) in [6.45, 7) is 7.96. The smallest absolute Gasteiger partial charge is 0.253 e. The minimum atomic E-state index is -0.133. The average Bonchev–Trinajstić information content (AvgIpc) is 2.71. The molecule has 0 bridgehead atoms. The summed E-state index contributed by atoms with van der Waals surface area (Å²) in [6, 6.07) is 16.1. The molecule has 0 aromatic heterocycles. The molecule has 2 amide bonds. The van der Waals surface area contributed by atoms with Crippen molar-refractivity contribution in [2.75, 3.05) is 19.6 Å². The molecule has 0 radical (unpaired) electrons. The van der Waals surface area contributed by atoms with E-state index in [-0.39, 0.29) is 23.7 Å². The maximum Gasteiger partial charge on any atom is 0.253 e. The van der Waals surface area contributed by atoms with Crippen molar-refractivity contribution in [1.82, 2.24) is 10.2 Å². The third-order valence-corrected chi connectivity index (χ3v) is 5.50. The van der Waals surface area contributed by atoms with E-state index >= 15 is 0 Å². The minimum Gasteiger partial charge on any atom is -0.355 e. The van der Waals surface area contributed by atoms with E-state index in [9.17, 15) is 9.59 Å². The fourth-order valence-electron chi connectivity index (χ4n) is 3.95. The van der Waals surface area contributed by atoms with Crippen molar-refractivity contribution in [2.45, 2.75) is 39.5 Å². The summed E-state index contributed by atoms with van der Waals surface area (Å²) in [6.07, 6.45) is 1.70. The number of rotatable bonds is 5. The number of carbonyl (C=O) groups excluding carboxylic acids is 2. The van der Waals surface area contributed by atoms with Crippen molar-refractivity contribution < 1.29 is 9.59 Å². The summed E-state index contributed by atoms with van der Waals surface area (Å²) < 4.78 is 0. The number of amides is 2. The highest BCUT2D eigenvalue weighted by atomic mass is 16.2. The average molecular weight is 379 g/mol. The van der Waals surface area contributed by atoms with Crippen LogP contribution < -0.4 is 5.32 Å². The lowest BCUT2D eigenvalue weighted by atomic mass is 9.95. The molecule has 3 rings (SSSR count). The van der Waals surface area contributed by atoms with Crippen LogP contribution >= 0.6 is 0 Å². The molecule has 1 aliphatic heterocycles. The number of piperidine rings is 1. The van der Waals surface area contributed by atoms with E-state index in [4.69, 9.17) is 0 Å². The van der Waals surface area contributed by atoms with Gasteiger partial charge in [-0.1, -0.05) is 54.4 Å². The van der Waals surface area contributed by atoms with Crippen LogP contribution in [0.15, 0.2) is 48.5 Å². The van der Waals surface area contributed by atoms with Crippen LogP contribution in [0.4, 0.5) is 0 Å². The summed E-state index contributed by atoms with van der Waals surface area (Å²) in [7, 11) is 0. The van der Waals surface area contributed by atoms with Crippen molar-refractivity contribution in [1.29, 1.82) is 0 Å². The lowest BCUT2D eigenvalue weighted by Crippen LogP contribution is -2.46. The summed E-state index contributed by atoms with van der Waals surface area (Å²) in [5.41, 5.74) is 4.11. The molecular weight excluding hydrogens is 348 g/mol. The molecule has 148 valence electrons. The molecule has 1 N–H and O–H groups in total. The van der Waals surface area contributed by atoms with Crippen molar-refractivity contribution in [3.63, 3.8) is 0 Å². The summed E-state index contributed by atoms with van der Waals surface area (Å²) in [5, 5.41) is 3.09. The van der Waals surface area contributed by atoms with Gasteiger partial charge in [-0.15, -0.1) is 0 Å². The molecule has 4 heteroatoms. The minimum absolute atomic E-state index is 0.0296. The zero-order valence-corrected chi connectivity index (χ0v) is 17.1. The van der Waals surface area contributed by atoms with E-state index in [0.717, 1.165) is 36.1 Å². The first kappa shape index (κ1) is 20.1. The van der Waals surface area contributed by atoms with E-state index in [1.54, 1.807) is 0 Å². The number of carbonyl (C=O) groups is 2. The quantitative estimate of drug-likeness (QED) is 0.852. The SMILES string of the molecule is Cc1cc(C)cc(C(=O)N2CCCC(C(=O)NCC(C)c3ccccc3)C2)c1. The molecule has 0 aliphatic carbocycles.